The lowest BCUT2D eigenvalue weighted by Crippen LogP contribution is -2.26. The predicted octanol–water partition coefficient (Wildman–Crippen LogP) is 1.92. The summed E-state index contributed by atoms with van der Waals surface area (Å²) in [5, 5.41) is 4.43. The molecule has 1 aromatic heterocycles. The normalized spacial score (nSPS) is 10.2. The summed E-state index contributed by atoms with van der Waals surface area (Å²) in [6, 6.07) is 5.25. The molecule has 104 valence electrons. The standard InChI is InChI=1S/C13H12FN3O2S/c1-15-11(18)10-7-20-13(16-10)17(2)12(19)8-3-5-9(14)6-4-8/h3-7H,1-2H3,(H,15,18). The molecule has 5 nitrogen and oxygen atoms in total. The van der Waals surface area contributed by atoms with Crippen LogP contribution in [0.1, 0.15) is 20.8 Å². The van der Waals surface area contributed by atoms with Crippen LogP contribution in [0.3, 0.4) is 0 Å². The molecule has 2 rings (SSSR count). The number of aromatic nitrogens is 1. The zero-order valence-corrected chi connectivity index (χ0v) is 11.7. The van der Waals surface area contributed by atoms with Gasteiger partial charge in [0.25, 0.3) is 11.8 Å². The molecular formula is C13H12FN3O2S. The first-order chi connectivity index (χ1) is 9.52. The first kappa shape index (κ1) is 14.1. The van der Waals surface area contributed by atoms with Gasteiger partial charge in [0, 0.05) is 25.0 Å². The van der Waals surface area contributed by atoms with Gasteiger partial charge in [-0.25, -0.2) is 9.37 Å². The lowest BCUT2D eigenvalue weighted by molar-refractivity contribution is 0.0955. The first-order valence-electron chi connectivity index (χ1n) is 5.74. The molecule has 0 aliphatic carbocycles. The van der Waals surface area contributed by atoms with Crippen molar-refractivity contribution in [1.29, 1.82) is 0 Å². The number of anilines is 1. The molecule has 1 aromatic carbocycles. The SMILES string of the molecule is CNC(=O)c1csc(N(C)C(=O)c2ccc(F)cc2)n1. The van der Waals surface area contributed by atoms with Crippen molar-refractivity contribution < 1.29 is 14.0 Å². The topological polar surface area (TPSA) is 62.3 Å². The smallest absolute Gasteiger partial charge is 0.270 e. The Balaban J connectivity index is 2.20. The van der Waals surface area contributed by atoms with E-state index in [0.29, 0.717) is 10.7 Å². The zero-order chi connectivity index (χ0) is 14.7. The highest BCUT2D eigenvalue weighted by Crippen LogP contribution is 2.21. The highest BCUT2D eigenvalue weighted by atomic mass is 32.1. The third-order valence-corrected chi connectivity index (χ3v) is 3.55. The monoisotopic (exact) mass is 293 g/mol. The summed E-state index contributed by atoms with van der Waals surface area (Å²) in [5.74, 6) is -1.03. The van der Waals surface area contributed by atoms with Gasteiger partial charge >= 0.3 is 0 Å². The lowest BCUT2D eigenvalue weighted by Gasteiger charge is -2.13. The number of nitrogens with zero attached hydrogens (tertiary/aromatic N) is 2. The number of amides is 2. The van der Waals surface area contributed by atoms with Crippen LogP contribution in [0.5, 0.6) is 0 Å². The number of rotatable bonds is 3. The Bertz CT molecular complexity index is 639. The largest absolute Gasteiger partial charge is 0.354 e. The van der Waals surface area contributed by atoms with Crippen molar-refractivity contribution in [3.8, 4) is 0 Å². The molecule has 2 amide bonds. The Morgan fingerprint density at radius 3 is 2.55 bits per heavy atom. The van der Waals surface area contributed by atoms with E-state index in [0.717, 1.165) is 0 Å². The number of hydrogen-bond donors (Lipinski definition) is 1. The van der Waals surface area contributed by atoms with Crippen molar-refractivity contribution >= 4 is 28.3 Å². The second-order valence-corrected chi connectivity index (χ2v) is 4.80. The summed E-state index contributed by atoms with van der Waals surface area (Å²) in [4.78, 5) is 29.0. The van der Waals surface area contributed by atoms with Gasteiger partial charge in [-0.3, -0.25) is 14.5 Å². The van der Waals surface area contributed by atoms with Crippen LogP contribution in [-0.2, 0) is 0 Å². The van der Waals surface area contributed by atoms with Gasteiger partial charge in [0.15, 0.2) is 5.13 Å². The lowest BCUT2D eigenvalue weighted by atomic mass is 10.2. The minimum atomic E-state index is -0.402. The average molecular weight is 293 g/mol. The molecule has 0 saturated carbocycles. The van der Waals surface area contributed by atoms with Gasteiger partial charge < -0.3 is 5.32 Å². The van der Waals surface area contributed by atoms with E-state index in [1.165, 1.54) is 47.5 Å². The Morgan fingerprint density at radius 1 is 1.30 bits per heavy atom. The second kappa shape index (κ2) is 5.79. The van der Waals surface area contributed by atoms with Crippen LogP contribution in [0.2, 0.25) is 0 Å². The van der Waals surface area contributed by atoms with Crippen LogP contribution in [0.25, 0.3) is 0 Å². The van der Waals surface area contributed by atoms with Crippen LogP contribution in [0.15, 0.2) is 29.6 Å². The maximum absolute atomic E-state index is 12.8. The van der Waals surface area contributed by atoms with Crippen molar-refractivity contribution in [1.82, 2.24) is 10.3 Å². The van der Waals surface area contributed by atoms with E-state index in [2.05, 4.69) is 10.3 Å². The fraction of sp³-hybridized carbons (Fsp3) is 0.154. The van der Waals surface area contributed by atoms with Crippen LogP contribution in [0.4, 0.5) is 9.52 Å². The third-order valence-electron chi connectivity index (χ3n) is 2.63. The molecule has 20 heavy (non-hydrogen) atoms. The van der Waals surface area contributed by atoms with E-state index in [1.54, 1.807) is 12.4 Å². The first-order valence-corrected chi connectivity index (χ1v) is 6.62. The van der Waals surface area contributed by atoms with Crippen molar-refractivity contribution in [2.45, 2.75) is 0 Å². The van der Waals surface area contributed by atoms with E-state index in [4.69, 9.17) is 0 Å². The number of benzene rings is 1. The summed E-state index contributed by atoms with van der Waals surface area (Å²) < 4.78 is 12.8. The maximum Gasteiger partial charge on any atom is 0.270 e. The molecule has 0 fully saturated rings. The van der Waals surface area contributed by atoms with Gasteiger partial charge in [0.1, 0.15) is 11.5 Å². The van der Waals surface area contributed by atoms with Crippen LogP contribution < -0.4 is 10.2 Å². The summed E-state index contributed by atoms with van der Waals surface area (Å²) in [7, 11) is 3.06. The summed E-state index contributed by atoms with van der Waals surface area (Å²) in [5.41, 5.74) is 0.608. The predicted molar refractivity (Wildman–Crippen MR) is 74.6 cm³/mol. The number of hydrogen-bond acceptors (Lipinski definition) is 4. The Kier molecular flexibility index (Phi) is 4.09. The van der Waals surface area contributed by atoms with Gasteiger partial charge in [-0.05, 0) is 24.3 Å². The fourth-order valence-corrected chi connectivity index (χ4v) is 2.29. The minimum Gasteiger partial charge on any atom is -0.354 e. The van der Waals surface area contributed by atoms with Gasteiger partial charge in [0.05, 0.1) is 0 Å². The molecule has 0 unspecified atom stereocenters. The number of carbonyl (C=O) groups is 2. The quantitative estimate of drug-likeness (QED) is 0.940. The summed E-state index contributed by atoms with van der Waals surface area (Å²) >= 11 is 1.19. The van der Waals surface area contributed by atoms with Crippen molar-refractivity contribution in [2.24, 2.45) is 0 Å². The molecule has 0 aliphatic heterocycles. The minimum absolute atomic E-state index is 0.256. The van der Waals surface area contributed by atoms with Gasteiger partial charge in [0.2, 0.25) is 0 Å². The second-order valence-electron chi connectivity index (χ2n) is 3.97. The van der Waals surface area contributed by atoms with Crippen LogP contribution in [0, 0.1) is 5.82 Å². The Morgan fingerprint density at radius 2 is 1.95 bits per heavy atom. The number of thiazole rings is 1. The molecule has 0 atom stereocenters. The molecule has 0 bridgehead atoms. The molecule has 0 aliphatic rings. The van der Waals surface area contributed by atoms with Gasteiger partial charge in [-0.1, -0.05) is 0 Å². The maximum atomic E-state index is 12.8. The highest BCUT2D eigenvalue weighted by molar-refractivity contribution is 7.14. The van der Waals surface area contributed by atoms with E-state index >= 15 is 0 Å². The van der Waals surface area contributed by atoms with Crippen molar-refractivity contribution in [3.63, 3.8) is 0 Å². The third kappa shape index (κ3) is 2.83. The van der Waals surface area contributed by atoms with E-state index in [1.807, 2.05) is 0 Å². The Labute approximate surface area is 119 Å². The van der Waals surface area contributed by atoms with Crippen LogP contribution >= 0.6 is 11.3 Å². The van der Waals surface area contributed by atoms with E-state index < -0.39 is 5.82 Å². The Hall–Kier alpha value is -2.28. The zero-order valence-electron chi connectivity index (χ0n) is 10.9. The highest BCUT2D eigenvalue weighted by Gasteiger charge is 2.18. The van der Waals surface area contributed by atoms with Gasteiger partial charge in [-0.15, -0.1) is 11.3 Å². The summed E-state index contributed by atoms with van der Waals surface area (Å²) in [6.07, 6.45) is 0. The molecule has 0 saturated heterocycles. The van der Waals surface area contributed by atoms with Crippen molar-refractivity contribution in [3.05, 3.63) is 46.7 Å². The average Bonchev–Trinajstić information content (AvgIpc) is 2.95. The molecule has 1 heterocycles. The van der Waals surface area contributed by atoms with Crippen LogP contribution in [-0.4, -0.2) is 30.9 Å². The van der Waals surface area contributed by atoms with Crippen molar-refractivity contribution in [2.75, 3.05) is 19.0 Å². The number of halogens is 1. The van der Waals surface area contributed by atoms with E-state index in [9.17, 15) is 14.0 Å². The molecule has 1 N–H and O–H groups in total. The number of nitrogens with one attached hydrogen (secondary N) is 1. The summed E-state index contributed by atoms with van der Waals surface area (Å²) in [6.45, 7) is 0. The van der Waals surface area contributed by atoms with Gasteiger partial charge in [-0.2, -0.15) is 0 Å². The molecule has 2 aromatic rings. The fourth-order valence-electron chi connectivity index (χ4n) is 1.52. The molecule has 7 heteroatoms. The number of carbonyl (C=O) groups excluding carboxylic acids is 2. The molecule has 0 spiro atoms. The molecule has 0 radical (unpaired) electrons. The van der Waals surface area contributed by atoms with E-state index in [-0.39, 0.29) is 17.5 Å². The molecular weight excluding hydrogens is 281 g/mol.